The maximum atomic E-state index is 12.7. The standard InChI is InChI=1S/C24H27N5O2/c30-23-20-6-2-1-5-19(20)22(27-28-23)16-7-9-17(10-8-16)26-24(31)21-12-11-18(15-25-21)29-13-3-4-14-29/h1-2,5-6,11-12,15-17H,3-4,7-10,13-14H2,(H,26,31)(H,28,30). The molecule has 1 saturated carbocycles. The van der Waals surface area contributed by atoms with E-state index in [1.54, 1.807) is 0 Å². The number of aromatic amines is 1. The summed E-state index contributed by atoms with van der Waals surface area (Å²) < 4.78 is 0. The molecule has 1 aromatic carbocycles. The predicted octanol–water partition coefficient (Wildman–Crippen LogP) is 3.37. The molecule has 0 unspecified atom stereocenters. The third-order valence-corrected chi connectivity index (χ3v) is 6.63. The molecule has 5 rings (SSSR count). The molecule has 1 aliphatic carbocycles. The third kappa shape index (κ3) is 4.04. The van der Waals surface area contributed by atoms with Crippen LogP contribution >= 0.6 is 0 Å². The summed E-state index contributed by atoms with van der Waals surface area (Å²) in [6.07, 6.45) is 7.87. The van der Waals surface area contributed by atoms with Crippen LogP contribution in [0.1, 0.15) is 60.6 Å². The lowest BCUT2D eigenvalue weighted by molar-refractivity contribution is 0.0920. The zero-order chi connectivity index (χ0) is 21.2. The number of aromatic nitrogens is 3. The number of amides is 1. The molecule has 3 aromatic rings. The summed E-state index contributed by atoms with van der Waals surface area (Å²) in [5.41, 5.74) is 2.37. The Bertz CT molecular complexity index is 1130. The maximum Gasteiger partial charge on any atom is 0.272 e. The molecular weight excluding hydrogens is 390 g/mol. The number of anilines is 1. The molecule has 2 fully saturated rings. The van der Waals surface area contributed by atoms with Crippen LogP contribution in [0.25, 0.3) is 10.8 Å². The zero-order valence-corrected chi connectivity index (χ0v) is 17.5. The Kier molecular flexibility index (Phi) is 5.40. The summed E-state index contributed by atoms with van der Waals surface area (Å²) in [5, 5.41) is 11.8. The van der Waals surface area contributed by atoms with E-state index in [-0.39, 0.29) is 23.4 Å². The van der Waals surface area contributed by atoms with E-state index in [1.165, 1.54) is 12.8 Å². The van der Waals surface area contributed by atoms with Gasteiger partial charge in [0.05, 0.1) is 23.0 Å². The highest BCUT2D eigenvalue weighted by Crippen LogP contribution is 2.34. The summed E-state index contributed by atoms with van der Waals surface area (Å²) in [4.78, 5) is 31.4. The average Bonchev–Trinajstić information content (AvgIpc) is 3.35. The number of pyridine rings is 1. The molecule has 3 heterocycles. The van der Waals surface area contributed by atoms with Gasteiger partial charge < -0.3 is 10.2 Å². The van der Waals surface area contributed by atoms with E-state index in [4.69, 9.17) is 0 Å². The summed E-state index contributed by atoms with van der Waals surface area (Å²) in [7, 11) is 0. The number of nitrogens with one attached hydrogen (secondary N) is 2. The summed E-state index contributed by atoms with van der Waals surface area (Å²) >= 11 is 0. The maximum absolute atomic E-state index is 12.7. The van der Waals surface area contributed by atoms with Crippen molar-refractivity contribution >= 4 is 22.4 Å². The highest BCUT2D eigenvalue weighted by Gasteiger charge is 2.26. The molecule has 2 N–H and O–H groups in total. The van der Waals surface area contributed by atoms with Crippen LogP contribution in [0.3, 0.4) is 0 Å². The Morgan fingerprint density at radius 1 is 1.00 bits per heavy atom. The molecule has 31 heavy (non-hydrogen) atoms. The van der Waals surface area contributed by atoms with Gasteiger partial charge in [0, 0.05) is 30.4 Å². The molecule has 0 radical (unpaired) electrons. The van der Waals surface area contributed by atoms with Crippen molar-refractivity contribution in [3.05, 3.63) is 64.3 Å². The topological polar surface area (TPSA) is 91.0 Å². The van der Waals surface area contributed by atoms with Gasteiger partial charge >= 0.3 is 0 Å². The van der Waals surface area contributed by atoms with Crippen LogP contribution in [-0.2, 0) is 0 Å². The van der Waals surface area contributed by atoms with Crippen molar-refractivity contribution in [2.24, 2.45) is 0 Å². The first-order valence-corrected chi connectivity index (χ1v) is 11.2. The van der Waals surface area contributed by atoms with E-state index in [9.17, 15) is 9.59 Å². The molecule has 0 bridgehead atoms. The number of fused-ring (bicyclic) bond motifs is 1. The molecule has 7 heteroatoms. The summed E-state index contributed by atoms with van der Waals surface area (Å²) in [5.74, 6) is 0.178. The normalized spacial score (nSPS) is 21.4. The SMILES string of the molecule is O=C(NC1CCC(c2n[nH]c(=O)c3ccccc23)CC1)c1ccc(N2CCCC2)cn1. The van der Waals surface area contributed by atoms with Crippen molar-refractivity contribution in [2.45, 2.75) is 50.5 Å². The Hall–Kier alpha value is -3.22. The predicted molar refractivity (Wildman–Crippen MR) is 121 cm³/mol. The number of carbonyl (C=O) groups excluding carboxylic acids is 1. The lowest BCUT2D eigenvalue weighted by atomic mass is 9.82. The van der Waals surface area contributed by atoms with Gasteiger partial charge in [-0.3, -0.25) is 9.59 Å². The second kappa shape index (κ2) is 8.49. The van der Waals surface area contributed by atoms with Gasteiger partial charge in [-0.1, -0.05) is 18.2 Å². The number of benzene rings is 1. The summed E-state index contributed by atoms with van der Waals surface area (Å²) in [6, 6.07) is 11.6. The fourth-order valence-electron chi connectivity index (χ4n) is 4.90. The van der Waals surface area contributed by atoms with Gasteiger partial charge in [0.1, 0.15) is 5.69 Å². The zero-order valence-electron chi connectivity index (χ0n) is 17.5. The Balaban J connectivity index is 1.21. The summed E-state index contributed by atoms with van der Waals surface area (Å²) in [6.45, 7) is 2.13. The molecular formula is C24H27N5O2. The molecule has 0 spiro atoms. The fourth-order valence-corrected chi connectivity index (χ4v) is 4.90. The van der Waals surface area contributed by atoms with Crippen molar-refractivity contribution in [3.63, 3.8) is 0 Å². The first-order chi connectivity index (χ1) is 15.2. The van der Waals surface area contributed by atoms with Gasteiger partial charge in [-0.15, -0.1) is 0 Å². The van der Waals surface area contributed by atoms with Crippen LogP contribution in [-0.4, -0.2) is 40.2 Å². The van der Waals surface area contributed by atoms with Gasteiger partial charge in [0.25, 0.3) is 11.5 Å². The first-order valence-electron chi connectivity index (χ1n) is 11.2. The second-order valence-electron chi connectivity index (χ2n) is 8.60. The quantitative estimate of drug-likeness (QED) is 0.679. The molecule has 7 nitrogen and oxygen atoms in total. The monoisotopic (exact) mass is 417 g/mol. The van der Waals surface area contributed by atoms with Crippen molar-refractivity contribution in [1.29, 1.82) is 0 Å². The van der Waals surface area contributed by atoms with Crippen LogP contribution in [0.15, 0.2) is 47.4 Å². The van der Waals surface area contributed by atoms with E-state index in [0.717, 1.165) is 55.5 Å². The van der Waals surface area contributed by atoms with E-state index >= 15 is 0 Å². The number of rotatable bonds is 4. The Morgan fingerprint density at radius 3 is 2.45 bits per heavy atom. The number of H-pyrrole nitrogens is 1. The molecule has 2 aliphatic rings. The fraction of sp³-hybridized carbons (Fsp3) is 0.417. The van der Waals surface area contributed by atoms with Crippen LogP contribution in [0.4, 0.5) is 5.69 Å². The minimum absolute atomic E-state index is 0.107. The van der Waals surface area contributed by atoms with E-state index in [1.807, 2.05) is 42.6 Å². The van der Waals surface area contributed by atoms with Crippen molar-refractivity contribution in [2.75, 3.05) is 18.0 Å². The third-order valence-electron chi connectivity index (χ3n) is 6.63. The van der Waals surface area contributed by atoms with Crippen molar-refractivity contribution in [1.82, 2.24) is 20.5 Å². The van der Waals surface area contributed by atoms with Gasteiger partial charge in [0.2, 0.25) is 0 Å². The molecule has 160 valence electrons. The van der Waals surface area contributed by atoms with E-state index < -0.39 is 0 Å². The minimum atomic E-state index is -0.149. The van der Waals surface area contributed by atoms with Crippen molar-refractivity contribution in [3.8, 4) is 0 Å². The Morgan fingerprint density at radius 2 is 1.74 bits per heavy atom. The molecule has 1 aliphatic heterocycles. The molecule has 0 atom stereocenters. The van der Waals surface area contributed by atoms with Crippen LogP contribution in [0, 0.1) is 0 Å². The minimum Gasteiger partial charge on any atom is -0.370 e. The van der Waals surface area contributed by atoms with Gasteiger partial charge in [-0.2, -0.15) is 5.10 Å². The number of nitrogens with zero attached hydrogens (tertiary/aromatic N) is 3. The molecule has 1 amide bonds. The number of carbonyl (C=O) groups is 1. The average molecular weight is 418 g/mol. The lowest BCUT2D eigenvalue weighted by Crippen LogP contribution is -2.38. The lowest BCUT2D eigenvalue weighted by Gasteiger charge is -2.29. The van der Waals surface area contributed by atoms with Crippen LogP contribution in [0.5, 0.6) is 0 Å². The largest absolute Gasteiger partial charge is 0.370 e. The highest BCUT2D eigenvalue weighted by atomic mass is 16.2. The van der Waals surface area contributed by atoms with Gasteiger partial charge in [0.15, 0.2) is 0 Å². The van der Waals surface area contributed by atoms with Gasteiger partial charge in [-0.25, -0.2) is 10.1 Å². The van der Waals surface area contributed by atoms with Crippen LogP contribution in [0.2, 0.25) is 0 Å². The number of hydrogen-bond donors (Lipinski definition) is 2. The smallest absolute Gasteiger partial charge is 0.272 e. The van der Waals surface area contributed by atoms with E-state index in [0.29, 0.717) is 11.1 Å². The highest BCUT2D eigenvalue weighted by molar-refractivity contribution is 5.92. The first kappa shape index (κ1) is 19.7. The van der Waals surface area contributed by atoms with Crippen molar-refractivity contribution < 1.29 is 4.79 Å². The van der Waals surface area contributed by atoms with Crippen LogP contribution < -0.4 is 15.8 Å². The molecule has 2 aromatic heterocycles. The van der Waals surface area contributed by atoms with Gasteiger partial charge in [-0.05, 0) is 56.7 Å². The number of hydrogen-bond acceptors (Lipinski definition) is 5. The molecule has 1 saturated heterocycles. The van der Waals surface area contributed by atoms with E-state index in [2.05, 4.69) is 25.4 Å². The Labute approximate surface area is 180 Å². The second-order valence-corrected chi connectivity index (χ2v) is 8.60.